The molecule has 0 aliphatic carbocycles. The predicted molar refractivity (Wildman–Crippen MR) is 90.0 cm³/mol. The van der Waals surface area contributed by atoms with E-state index in [4.69, 9.17) is 21.6 Å². The summed E-state index contributed by atoms with van der Waals surface area (Å²) in [6.45, 7) is 0.418. The summed E-state index contributed by atoms with van der Waals surface area (Å²) in [7, 11) is 0. The van der Waals surface area contributed by atoms with Gasteiger partial charge in [-0.15, -0.1) is 12.3 Å². The summed E-state index contributed by atoms with van der Waals surface area (Å²) in [5, 5.41) is 2.52. The summed E-state index contributed by atoms with van der Waals surface area (Å²) < 4.78 is 23.3. The number of rotatable bonds is 6. The number of halogens is 1. The van der Waals surface area contributed by atoms with Gasteiger partial charge in [0.25, 0.3) is 0 Å². The molecule has 3 N–H and O–H groups in total. The summed E-state index contributed by atoms with van der Waals surface area (Å²) >= 11 is 0. The Bertz CT molecular complexity index is 739. The van der Waals surface area contributed by atoms with Crippen LogP contribution in [0.15, 0.2) is 42.5 Å². The molecular weight excluding hydrogens is 311 g/mol. The quantitative estimate of drug-likeness (QED) is 0.483. The monoisotopic (exact) mass is 328 g/mol. The number of terminal acetylenes is 1. The average Bonchev–Trinajstić information content (AvgIpc) is 2.57. The molecule has 2 aromatic rings. The van der Waals surface area contributed by atoms with Crippen LogP contribution < -0.4 is 15.8 Å². The first-order valence-corrected chi connectivity index (χ1v) is 7.22. The molecule has 0 aliphatic rings. The highest BCUT2D eigenvalue weighted by molar-refractivity contribution is 5.89. The maximum Gasteiger partial charge on any atom is 0.411 e. The molecule has 0 aliphatic heterocycles. The molecule has 0 unspecified atom stereocenters. The lowest BCUT2D eigenvalue weighted by atomic mass is 10.2. The molecule has 0 spiro atoms. The molecule has 0 radical (unpaired) electrons. The van der Waals surface area contributed by atoms with Crippen LogP contribution in [0.2, 0.25) is 0 Å². The van der Waals surface area contributed by atoms with Crippen LogP contribution in [0.3, 0.4) is 0 Å². The van der Waals surface area contributed by atoms with Gasteiger partial charge in [0, 0.05) is 12.5 Å². The van der Waals surface area contributed by atoms with Gasteiger partial charge in [-0.25, -0.2) is 9.18 Å². The Hall–Kier alpha value is -3.20. The van der Waals surface area contributed by atoms with Gasteiger partial charge in [-0.2, -0.15) is 0 Å². The van der Waals surface area contributed by atoms with E-state index in [2.05, 4.69) is 11.2 Å². The fourth-order valence-corrected chi connectivity index (χ4v) is 1.84. The van der Waals surface area contributed by atoms with E-state index in [1.165, 1.54) is 12.1 Å². The number of carbonyl (C=O) groups is 1. The first-order valence-electron chi connectivity index (χ1n) is 7.22. The molecule has 5 nitrogen and oxygen atoms in total. The number of hydrogen-bond donors (Lipinski definition) is 2. The lowest BCUT2D eigenvalue weighted by molar-refractivity contribution is 0.164. The number of carbonyl (C=O) groups excluding carboxylic acids is 1. The predicted octanol–water partition coefficient (Wildman–Crippen LogP) is 3.56. The van der Waals surface area contributed by atoms with E-state index in [0.717, 1.165) is 5.56 Å². The number of anilines is 2. The van der Waals surface area contributed by atoms with Crippen molar-refractivity contribution in [3.63, 3.8) is 0 Å². The largest absolute Gasteiger partial charge is 0.489 e. The van der Waals surface area contributed by atoms with Crippen LogP contribution in [-0.4, -0.2) is 12.7 Å². The van der Waals surface area contributed by atoms with E-state index in [0.29, 0.717) is 23.5 Å². The first-order chi connectivity index (χ1) is 11.6. The van der Waals surface area contributed by atoms with E-state index in [1.54, 1.807) is 30.3 Å². The lowest BCUT2D eigenvalue weighted by Gasteiger charge is -2.11. The molecule has 124 valence electrons. The Morgan fingerprint density at radius 1 is 1.25 bits per heavy atom. The zero-order valence-corrected chi connectivity index (χ0v) is 12.9. The molecule has 0 saturated heterocycles. The van der Waals surface area contributed by atoms with Crippen molar-refractivity contribution in [2.75, 3.05) is 17.7 Å². The van der Waals surface area contributed by atoms with Gasteiger partial charge in [-0.1, -0.05) is 12.1 Å². The molecule has 1 amide bonds. The van der Waals surface area contributed by atoms with Crippen molar-refractivity contribution in [3.05, 3.63) is 53.8 Å². The summed E-state index contributed by atoms with van der Waals surface area (Å²) in [6.07, 6.45) is 4.79. The van der Waals surface area contributed by atoms with Gasteiger partial charge in [0.15, 0.2) is 0 Å². The number of nitrogens with one attached hydrogen (secondary N) is 1. The molecule has 0 atom stereocenters. The van der Waals surface area contributed by atoms with Crippen molar-refractivity contribution < 1.29 is 18.7 Å². The highest BCUT2D eigenvalue weighted by Crippen LogP contribution is 2.25. The molecular formula is C18H17FN2O3. The number of ether oxygens (including phenoxy) is 2. The Morgan fingerprint density at radius 2 is 2.00 bits per heavy atom. The third-order valence-corrected chi connectivity index (χ3v) is 3.06. The van der Waals surface area contributed by atoms with Crippen molar-refractivity contribution in [1.29, 1.82) is 0 Å². The molecule has 2 aromatic carbocycles. The molecule has 0 fully saturated rings. The van der Waals surface area contributed by atoms with Crippen molar-refractivity contribution in [1.82, 2.24) is 0 Å². The Labute approximate surface area is 139 Å². The van der Waals surface area contributed by atoms with E-state index in [9.17, 15) is 9.18 Å². The van der Waals surface area contributed by atoms with E-state index < -0.39 is 6.09 Å². The van der Waals surface area contributed by atoms with Gasteiger partial charge in [0.1, 0.15) is 24.8 Å². The van der Waals surface area contributed by atoms with Gasteiger partial charge < -0.3 is 15.2 Å². The van der Waals surface area contributed by atoms with Crippen molar-refractivity contribution in [3.8, 4) is 18.1 Å². The van der Waals surface area contributed by atoms with Crippen LogP contribution in [0, 0.1) is 18.2 Å². The molecule has 0 aromatic heterocycles. The smallest absolute Gasteiger partial charge is 0.411 e. The topological polar surface area (TPSA) is 73.6 Å². The molecule has 0 heterocycles. The first kappa shape index (κ1) is 17.2. The van der Waals surface area contributed by atoms with Gasteiger partial charge >= 0.3 is 6.09 Å². The number of amides is 1. The van der Waals surface area contributed by atoms with Crippen LogP contribution in [0.4, 0.5) is 20.6 Å². The number of nitrogens with two attached hydrogens (primary N) is 1. The number of benzene rings is 2. The molecule has 0 bridgehead atoms. The van der Waals surface area contributed by atoms with Gasteiger partial charge in [-0.05, 0) is 29.8 Å². The second-order valence-corrected chi connectivity index (χ2v) is 4.88. The average molecular weight is 328 g/mol. The minimum absolute atomic E-state index is 0.140. The van der Waals surface area contributed by atoms with E-state index in [1.807, 2.05) is 0 Å². The normalized spacial score (nSPS) is 9.83. The van der Waals surface area contributed by atoms with Gasteiger partial charge in [0.05, 0.1) is 11.4 Å². The highest BCUT2D eigenvalue weighted by Gasteiger charge is 2.07. The Morgan fingerprint density at radius 3 is 2.67 bits per heavy atom. The van der Waals surface area contributed by atoms with Gasteiger partial charge in [-0.3, -0.25) is 5.32 Å². The summed E-state index contributed by atoms with van der Waals surface area (Å²) in [6, 6.07) is 10.9. The SMILES string of the molecule is C#CCCOC(=O)Nc1ccc(OCc2ccc(F)cc2)cc1N. The maximum atomic E-state index is 12.8. The second kappa shape index (κ2) is 8.44. The minimum atomic E-state index is -0.628. The highest BCUT2D eigenvalue weighted by atomic mass is 19.1. The van der Waals surface area contributed by atoms with Crippen LogP contribution in [0.25, 0.3) is 0 Å². The summed E-state index contributed by atoms with van der Waals surface area (Å²) in [5.41, 5.74) is 7.45. The summed E-state index contributed by atoms with van der Waals surface area (Å²) in [4.78, 5) is 11.5. The van der Waals surface area contributed by atoms with Crippen LogP contribution in [-0.2, 0) is 11.3 Å². The maximum absolute atomic E-state index is 12.8. The van der Waals surface area contributed by atoms with Crippen molar-refractivity contribution in [2.45, 2.75) is 13.0 Å². The second-order valence-electron chi connectivity index (χ2n) is 4.88. The third kappa shape index (κ3) is 5.21. The Balaban J connectivity index is 1.90. The molecule has 24 heavy (non-hydrogen) atoms. The summed E-state index contributed by atoms with van der Waals surface area (Å²) in [5.74, 6) is 2.60. The molecule has 2 rings (SSSR count). The Kier molecular flexibility index (Phi) is 6.03. The molecule has 6 heteroatoms. The van der Waals surface area contributed by atoms with E-state index >= 15 is 0 Å². The van der Waals surface area contributed by atoms with Crippen LogP contribution >= 0.6 is 0 Å². The standard InChI is InChI=1S/C18H17FN2O3/c1-2-3-10-23-18(22)21-17-9-8-15(11-16(17)20)24-12-13-4-6-14(19)7-5-13/h1,4-9,11H,3,10,12,20H2,(H,21,22). The fraction of sp³-hybridized carbons (Fsp3) is 0.167. The van der Waals surface area contributed by atoms with Crippen molar-refractivity contribution in [2.24, 2.45) is 0 Å². The zero-order valence-electron chi connectivity index (χ0n) is 12.9. The fourth-order valence-electron chi connectivity index (χ4n) is 1.84. The molecule has 0 saturated carbocycles. The van der Waals surface area contributed by atoms with E-state index in [-0.39, 0.29) is 19.0 Å². The number of nitrogen functional groups attached to an aromatic ring is 1. The van der Waals surface area contributed by atoms with Crippen molar-refractivity contribution >= 4 is 17.5 Å². The number of hydrogen-bond acceptors (Lipinski definition) is 4. The lowest BCUT2D eigenvalue weighted by Crippen LogP contribution is -2.15. The third-order valence-electron chi connectivity index (χ3n) is 3.06. The van der Waals surface area contributed by atoms with Gasteiger partial charge in [0.2, 0.25) is 0 Å². The minimum Gasteiger partial charge on any atom is -0.489 e. The van der Waals surface area contributed by atoms with Crippen LogP contribution in [0.1, 0.15) is 12.0 Å². The zero-order chi connectivity index (χ0) is 17.4. The van der Waals surface area contributed by atoms with Crippen LogP contribution in [0.5, 0.6) is 5.75 Å².